The van der Waals surface area contributed by atoms with E-state index in [0.717, 1.165) is 24.3 Å². The largest absolute Gasteiger partial charge is 0.510 e. The zero-order chi connectivity index (χ0) is 13.9. The molecule has 0 saturated heterocycles. The molecular formula is C11H11F3N2O2. The number of halogens is 3. The van der Waals surface area contributed by atoms with Crippen molar-refractivity contribution < 1.29 is 23.1 Å². The lowest BCUT2D eigenvalue weighted by Gasteiger charge is -2.09. The molecule has 0 aliphatic carbocycles. The predicted molar refractivity (Wildman–Crippen MR) is 59.6 cm³/mol. The molecule has 7 heteroatoms. The summed E-state index contributed by atoms with van der Waals surface area (Å²) in [5.74, 6) is -1.14. The molecule has 0 heterocycles. The molecule has 0 saturated carbocycles. The zero-order valence-corrected chi connectivity index (χ0v) is 9.38. The summed E-state index contributed by atoms with van der Waals surface area (Å²) in [7, 11) is 0. The van der Waals surface area contributed by atoms with Gasteiger partial charge in [0.15, 0.2) is 0 Å². The fourth-order valence-corrected chi connectivity index (χ4v) is 1.11. The molecule has 4 N–H and O–H groups in total. The van der Waals surface area contributed by atoms with Gasteiger partial charge in [0.05, 0.1) is 5.56 Å². The highest BCUT2D eigenvalue weighted by molar-refractivity contribution is 6.03. The van der Waals surface area contributed by atoms with Gasteiger partial charge in [-0.05, 0) is 31.2 Å². The number of carbonyl (C=O) groups excluding carboxylic acids is 1. The minimum absolute atomic E-state index is 0.150. The van der Waals surface area contributed by atoms with Gasteiger partial charge >= 0.3 is 6.18 Å². The number of anilines is 1. The molecule has 0 aliphatic rings. The van der Waals surface area contributed by atoms with Gasteiger partial charge in [-0.15, -0.1) is 0 Å². The Hall–Kier alpha value is -2.18. The molecule has 1 amide bonds. The van der Waals surface area contributed by atoms with Crippen molar-refractivity contribution in [2.24, 2.45) is 5.73 Å². The first-order valence-electron chi connectivity index (χ1n) is 4.85. The Morgan fingerprint density at radius 3 is 2.17 bits per heavy atom. The first-order valence-corrected chi connectivity index (χ1v) is 4.85. The number of hydrogen-bond donors (Lipinski definition) is 3. The molecule has 0 aliphatic heterocycles. The number of nitrogens with two attached hydrogens (primary N) is 1. The van der Waals surface area contributed by atoms with Crippen LogP contribution in [-0.2, 0) is 11.0 Å². The number of allylic oxidation sites excluding steroid dienone is 1. The number of carbonyl (C=O) groups is 1. The molecule has 1 aromatic carbocycles. The Balaban J connectivity index is 2.83. The van der Waals surface area contributed by atoms with E-state index in [1.807, 2.05) is 0 Å². The lowest BCUT2D eigenvalue weighted by atomic mass is 10.2. The first-order chi connectivity index (χ1) is 8.21. The van der Waals surface area contributed by atoms with Crippen molar-refractivity contribution in [1.29, 1.82) is 0 Å². The van der Waals surface area contributed by atoms with Crippen LogP contribution in [0.1, 0.15) is 12.5 Å². The molecule has 4 nitrogen and oxygen atoms in total. The number of aliphatic hydroxyl groups excluding tert-OH is 1. The Labute approximate surface area is 101 Å². The van der Waals surface area contributed by atoms with Crippen LogP contribution in [0.2, 0.25) is 0 Å². The molecule has 18 heavy (non-hydrogen) atoms. The van der Waals surface area contributed by atoms with Crippen molar-refractivity contribution in [3.8, 4) is 0 Å². The van der Waals surface area contributed by atoms with Crippen LogP contribution in [-0.4, -0.2) is 11.0 Å². The van der Waals surface area contributed by atoms with E-state index in [1.165, 1.54) is 6.92 Å². The van der Waals surface area contributed by atoms with Crippen molar-refractivity contribution in [3.63, 3.8) is 0 Å². The zero-order valence-electron chi connectivity index (χ0n) is 9.38. The Morgan fingerprint density at radius 1 is 1.28 bits per heavy atom. The van der Waals surface area contributed by atoms with Crippen LogP contribution in [0.25, 0.3) is 0 Å². The van der Waals surface area contributed by atoms with Gasteiger partial charge in [-0.25, -0.2) is 0 Å². The van der Waals surface area contributed by atoms with E-state index in [0.29, 0.717) is 0 Å². The summed E-state index contributed by atoms with van der Waals surface area (Å²) >= 11 is 0. The van der Waals surface area contributed by atoms with Gasteiger partial charge in [0.2, 0.25) is 0 Å². The van der Waals surface area contributed by atoms with Crippen molar-refractivity contribution in [2.75, 3.05) is 5.32 Å². The van der Waals surface area contributed by atoms with Crippen molar-refractivity contribution in [1.82, 2.24) is 0 Å². The van der Waals surface area contributed by atoms with E-state index in [-0.39, 0.29) is 11.4 Å². The second-order valence-electron chi connectivity index (χ2n) is 3.53. The molecule has 0 unspecified atom stereocenters. The van der Waals surface area contributed by atoms with Crippen LogP contribution in [0.4, 0.5) is 18.9 Å². The van der Waals surface area contributed by atoms with Crippen LogP contribution >= 0.6 is 0 Å². The summed E-state index contributed by atoms with van der Waals surface area (Å²) < 4.78 is 36.8. The van der Waals surface area contributed by atoms with E-state index < -0.39 is 23.3 Å². The van der Waals surface area contributed by atoms with Gasteiger partial charge in [-0.3, -0.25) is 4.79 Å². The molecule has 0 spiro atoms. The summed E-state index contributed by atoms with van der Waals surface area (Å²) in [5, 5.41) is 11.2. The molecule has 0 fully saturated rings. The minimum atomic E-state index is -4.43. The summed E-state index contributed by atoms with van der Waals surface area (Å²) in [6, 6.07) is 3.87. The highest BCUT2D eigenvalue weighted by Gasteiger charge is 2.29. The van der Waals surface area contributed by atoms with Gasteiger partial charge in [0, 0.05) is 5.69 Å². The first kappa shape index (κ1) is 13.9. The van der Waals surface area contributed by atoms with Gasteiger partial charge in [0.1, 0.15) is 11.5 Å². The normalized spacial score (nSPS) is 12.9. The average Bonchev–Trinajstić information content (AvgIpc) is 2.27. The fourth-order valence-electron chi connectivity index (χ4n) is 1.11. The van der Waals surface area contributed by atoms with Gasteiger partial charge in [-0.2, -0.15) is 13.2 Å². The lowest BCUT2D eigenvalue weighted by molar-refractivity contribution is -0.137. The monoisotopic (exact) mass is 260 g/mol. The van der Waals surface area contributed by atoms with E-state index in [1.54, 1.807) is 0 Å². The quantitative estimate of drug-likeness (QED) is 0.564. The van der Waals surface area contributed by atoms with Gasteiger partial charge < -0.3 is 16.2 Å². The summed E-state index contributed by atoms with van der Waals surface area (Å²) in [6.45, 7) is 1.22. The number of amides is 1. The van der Waals surface area contributed by atoms with Crippen molar-refractivity contribution >= 4 is 11.6 Å². The molecule has 0 atom stereocenters. The molecule has 98 valence electrons. The third-order valence-corrected chi connectivity index (χ3v) is 2.10. The Kier molecular flexibility index (Phi) is 3.85. The van der Waals surface area contributed by atoms with E-state index in [2.05, 4.69) is 5.32 Å². The number of benzene rings is 1. The van der Waals surface area contributed by atoms with Crippen LogP contribution in [0.5, 0.6) is 0 Å². The van der Waals surface area contributed by atoms with E-state index >= 15 is 0 Å². The lowest BCUT2D eigenvalue weighted by Crippen LogP contribution is -2.21. The number of rotatable bonds is 2. The third kappa shape index (κ3) is 3.41. The van der Waals surface area contributed by atoms with Crippen LogP contribution in [0, 0.1) is 0 Å². The second kappa shape index (κ2) is 4.99. The van der Waals surface area contributed by atoms with E-state index in [9.17, 15) is 18.0 Å². The van der Waals surface area contributed by atoms with Crippen LogP contribution in [0.3, 0.4) is 0 Å². The van der Waals surface area contributed by atoms with Gasteiger partial charge in [0.25, 0.3) is 5.91 Å². The maximum Gasteiger partial charge on any atom is 0.416 e. The molecule has 0 radical (unpaired) electrons. The number of aliphatic hydroxyl groups is 1. The molecule has 1 rings (SSSR count). The maximum absolute atomic E-state index is 12.3. The Morgan fingerprint density at radius 2 is 1.78 bits per heavy atom. The molecule has 0 bridgehead atoms. The summed E-state index contributed by atoms with van der Waals surface area (Å²) in [4.78, 5) is 11.4. The summed E-state index contributed by atoms with van der Waals surface area (Å²) in [6.07, 6.45) is -4.43. The third-order valence-electron chi connectivity index (χ3n) is 2.10. The number of nitrogens with one attached hydrogen (secondary N) is 1. The minimum Gasteiger partial charge on any atom is -0.510 e. The Bertz CT molecular complexity index is 474. The predicted octanol–water partition coefficient (Wildman–Crippen LogP) is 2.39. The topological polar surface area (TPSA) is 75.3 Å². The number of alkyl halides is 3. The van der Waals surface area contributed by atoms with Crippen molar-refractivity contribution in [3.05, 3.63) is 41.3 Å². The number of hydrogen-bond acceptors (Lipinski definition) is 3. The van der Waals surface area contributed by atoms with Crippen molar-refractivity contribution in [2.45, 2.75) is 13.1 Å². The van der Waals surface area contributed by atoms with E-state index in [4.69, 9.17) is 10.8 Å². The standard InChI is InChI=1S/C11H11F3N2O2/c1-6(17)9(15)10(18)16-8-4-2-7(3-5-8)11(12,13)14/h2-5,17H,15H2,1H3,(H,16,18)/b9-6+. The van der Waals surface area contributed by atoms with Crippen LogP contribution < -0.4 is 11.1 Å². The van der Waals surface area contributed by atoms with Gasteiger partial charge in [-0.1, -0.05) is 0 Å². The average molecular weight is 260 g/mol. The fraction of sp³-hybridized carbons (Fsp3) is 0.182. The molecular weight excluding hydrogens is 249 g/mol. The molecule has 0 aromatic heterocycles. The highest BCUT2D eigenvalue weighted by atomic mass is 19.4. The smallest absolute Gasteiger partial charge is 0.416 e. The second-order valence-corrected chi connectivity index (χ2v) is 3.53. The summed E-state index contributed by atoms with van der Waals surface area (Å²) in [5.41, 5.74) is 4.18. The SMILES string of the molecule is C/C(O)=C(\N)C(=O)Nc1ccc(C(F)(F)F)cc1. The maximum atomic E-state index is 12.3. The van der Waals surface area contributed by atoms with Crippen LogP contribution in [0.15, 0.2) is 35.7 Å². The highest BCUT2D eigenvalue weighted by Crippen LogP contribution is 2.29. The molecule has 1 aromatic rings.